The lowest BCUT2D eigenvalue weighted by Gasteiger charge is -2.07. The van der Waals surface area contributed by atoms with E-state index >= 15 is 0 Å². The Morgan fingerprint density at radius 2 is 2.40 bits per heavy atom. The third kappa shape index (κ3) is 2.21. The fourth-order valence-electron chi connectivity index (χ4n) is 1.61. The minimum absolute atomic E-state index is 0.390. The summed E-state index contributed by atoms with van der Waals surface area (Å²) in [6, 6.07) is 0. The predicted octanol–water partition coefficient (Wildman–Crippen LogP) is 0.393. The fraction of sp³-hybridized carbons (Fsp3) is 0.444. The Morgan fingerprint density at radius 1 is 1.53 bits per heavy atom. The second-order valence-electron chi connectivity index (χ2n) is 3.29. The van der Waals surface area contributed by atoms with Gasteiger partial charge in [-0.2, -0.15) is 0 Å². The first-order valence-corrected chi connectivity index (χ1v) is 4.69. The van der Waals surface area contributed by atoms with Gasteiger partial charge in [-0.15, -0.1) is 0 Å². The van der Waals surface area contributed by atoms with Crippen LogP contribution in [0.25, 0.3) is 0 Å². The van der Waals surface area contributed by atoms with E-state index in [0.29, 0.717) is 5.82 Å². The van der Waals surface area contributed by atoms with Gasteiger partial charge in [0.2, 0.25) is 0 Å². The van der Waals surface area contributed by atoms with Crippen molar-refractivity contribution in [3.8, 4) is 0 Å². The lowest BCUT2D eigenvalue weighted by molar-refractivity contribution is -0.141. The van der Waals surface area contributed by atoms with Crippen molar-refractivity contribution < 1.29 is 14.7 Å². The summed E-state index contributed by atoms with van der Waals surface area (Å²) in [6.45, 7) is -0.390. The maximum atomic E-state index is 10.2. The van der Waals surface area contributed by atoms with E-state index < -0.39 is 12.6 Å². The molecule has 0 aromatic carbocycles. The zero-order valence-corrected chi connectivity index (χ0v) is 8.06. The van der Waals surface area contributed by atoms with E-state index in [1.165, 1.54) is 6.33 Å². The molecule has 0 atom stereocenters. The highest BCUT2D eigenvalue weighted by Crippen LogP contribution is 2.24. The van der Waals surface area contributed by atoms with Gasteiger partial charge >= 0.3 is 5.97 Å². The minimum Gasteiger partial charge on any atom is -0.479 e. The number of hydrogen-bond donors (Lipinski definition) is 2. The van der Waals surface area contributed by atoms with Gasteiger partial charge in [-0.1, -0.05) is 0 Å². The molecule has 0 saturated carbocycles. The molecule has 2 N–H and O–H groups in total. The van der Waals surface area contributed by atoms with E-state index in [2.05, 4.69) is 15.4 Å². The molecule has 1 aliphatic rings. The van der Waals surface area contributed by atoms with Crippen LogP contribution in [0.5, 0.6) is 0 Å². The topological polar surface area (TPSA) is 84.3 Å². The van der Waals surface area contributed by atoms with Crippen LogP contribution in [-0.4, -0.2) is 27.7 Å². The van der Waals surface area contributed by atoms with Gasteiger partial charge in [0.1, 0.15) is 6.33 Å². The van der Waals surface area contributed by atoms with E-state index in [1.807, 2.05) is 0 Å². The molecule has 1 aliphatic carbocycles. The summed E-state index contributed by atoms with van der Waals surface area (Å²) >= 11 is 0. The molecule has 0 fully saturated rings. The van der Waals surface area contributed by atoms with Crippen molar-refractivity contribution in [3.05, 3.63) is 17.6 Å². The molecule has 0 spiro atoms. The first-order chi connectivity index (χ1) is 7.27. The number of fused-ring (bicyclic) bond motifs is 1. The van der Waals surface area contributed by atoms with E-state index in [9.17, 15) is 4.79 Å². The Hall–Kier alpha value is -1.69. The molecule has 1 aromatic heterocycles. The molecular formula is C9H11N3O3. The zero-order chi connectivity index (χ0) is 10.7. The standard InChI is InChI=1S/C9H11N3O3/c13-8(14)4-15-12-9-6-2-1-3-7(6)10-5-11-9/h5H,1-4H2,(H,13,14)(H,10,11,12). The van der Waals surface area contributed by atoms with Gasteiger partial charge in [-0.05, 0) is 19.3 Å². The first-order valence-electron chi connectivity index (χ1n) is 4.69. The van der Waals surface area contributed by atoms with Crippen LogP contribution in [0.3, 0.4) is 0 Å². The van der Waals surface area contributed by atoms with Crippen molar-refractivity contribution in [1.29, 1.82) is 0 Å². The van der Waals surface area contributed by atoms with Crippen molar-refractivity contribution in [2.24, 2.45) is 0 Å². The highest BCUT2D eigenvalue weighted by atomic mass is 16.7. The Kier molecular flexibility index (Phi) is 2.77. The molecule has 0 radical (unpaired) electrons. The van der Waals surface area contributed by atoms with Crippen LogP contribution in [0.15, 0.2) is 6.33 Å². The SMILES string of the molecule is O=C(O)CONc1ncnc2c1CCC2. The summed E-state index contributed by atoms with van der Waals surface area (Å²) in [5.74, 6) is -0.438. The lowest BCUT2D eigenvalue weighted by atomic mass is 10.2. The second kappa shape index (κ2) is 4.22. The number of anilines is 1. The number of nitrogens with zero attached hydrogens (tertiary/aromatic N) is 2. The summed E-state index contributed by atoms with van der Waals surface area (Å²) in [7, 11) is 0. The molecule has 6 nitrogen and oxygen atoms in total. The summed E-state index contributed by atoms with van der Waals surface area (Å²) in [5, 5.41) is 8.39. The number of carbonyl (C=O) groups is 1. The third-order valence-electron chi connectivity index (χ3n) is 2.24. The van der Waals surface area contributed by atoms with E-state index in [4.69, 9.17) is 9.94 Å². The molecule has 0 unspecified atom stereocenters. The maximum Gasteiger partial charge on any atom is 0.332 e. The van der Waals surface area contributed by atoms with Crippen LogP contribution in [0.1, 0.15) is 17.7 Å². The Balaban J connectivity index is 2.02. The van der Waals surface area contributed by atoms with Crippen LogP contribution < -0.4 is 5.48 Å². The first kappa shape index (κ1) is 9.85. The number of nitrogens with one attached hydrogen (secondary N) is 1. The molecule has 0 amide bonds. The monoisotopic (exact) mass is 209 g/mol. The summed E-state index contributed by atoms with van der Waals surface area (Å²) in [6.07, 6.45) is 4.37. The van der Waals surface area contributed by atoms with Gasteiger partial charge in [0.15, 0.2) is 12.4 Å². The molecule has 1 heterocycles. The molecule has 0 aliphatic heterocycles. The zero-order valence-electron chi connectivity index (χ0n) is 8.06. The van der Waals surface area contributed by atoms with E-state index in [1.54, 1.807) is 0 Å². The van der Waals surface area contributed by atoms with Crippen LogP contribution in [0, 0.1) is 0 Å². The molecule has 0 saturated heterocycles. The molecule has 15 heavy (non-hydrogen) atoms. The van der Waals surface area contributed by atoms with Gasteiger partial charge in [0.05, 0.1) is 0 Å². The minimum atomic E-state index is -1.02. The van der Waals surface area contributed by atoms with Gasteiger partial charge in [-0.25, -0.2) is 20.2 Å². The highest BCUT2D eigenvalue weighted by molar-refractivity contribution is 5.68. The Morgan fingerprint density at radius 3 is 3.20 bits per heavy atom. The fourth-order valence-corrected chi connectivity index (χ4v) is 1.61. The van der Waals surface area contributed by atoms with Crippen molar-refractivity contribution >= 4 is 11.8 Å². The Labute approximate surface area is 86.3 Å². The summed E-state index contributed by atoms with van der Waals surface area (Å²) in [5.41, 5.74) is 4.59. The number of carboxylic acid groups (broad SMARTS) is 1. The summed E-state index contributed by atoms with van der Waals surface area (Å²) < 4.78 is 0. The largest absolute Gasteiger partial charge is 0.479 e. The van der Waals surface area contributed by atoms with E-state index in [-0.39, 0.29) is 0 Å². The molecule has 80 valence electrons. The predicted molar refractivity (Wildman–Crippen MR) is 51.3 cm³/mol. The summed E-state index contributed by atoms with van der Waals surface area (Å²) in [4.78, 5) is 23.1. The second-order valence-corrected chi connectivity index (χ2v) is 3.29. The maximum absolute atomic E-state index is 10.2. The number of rotatable bonds is 4. The number of hydrogen-bond acceptors (Lipinski definition) is 5. The Bertz CT molecular complexity index is 381. The normalized spacial score (nSPS) is 13.6. The number of aromatic nitrogens is 2. The van der Waals surface area contributed by atoms with E-state index in [0.717, 1.165) is 30.5 Å². The smallest absolute Gasteiger partial charge is 0.332 e. The van der Waals surface area contributed by atoms with Crippen LogP contribution in [0.2, 0.25) is 0 Å². The lowest BCUT2D eigenvalue weighted by Crippen LogP contribution is -2.13. The van der Waals surface area contributed by atoms with Crippen LogP contribution in [0.4, 0.5) is 5.82 Å². The average Bonchev–Trinajstić information content (AvgIpc) is 2.65. The van der Waals surface area contributed by atoms with Gasteiger partial charge in [0.25, 0.3) is 0 Å². The molecular weight excluding hydrogens is 198 g/mol. The molecule has 6 heteroatoms. The van der Waals surface area contributed by atoms with Crippen LogP contribution >= 0.6 is 0 Å². The number of aryl methyl sites for hydroxylation is 1. The van der Waals surface area contributed by atoms with Crippen LogP contribution in [-0.2, 0) is 22.5 Å². The van der Waals surface area contributed by atoms with Crippen molar-refractivity contribution in [3.63, 3.8) is 0 Å². The van der Waals surface area contributed by atoms with Crippen molar-refractivity contribution in [2.75, 3.05) is 12.1 Å². The molecule has 1 aromatic rings. The van der Waals surface area contributed by atoms with Gasteiger partial charge < -0.3 is 5.11 Å². The third-order valence-corrected chi connectivity index (χ3v) is 2.24. The molecule has 0 bridgehead atoms. The highest BCUT2D eigenvalue weighted by Gasteiger charge is 2.16. The molecule has 2 rings (SSSR count). The van der Waals surface area contributed by atoms with Gasteiger partial charge in [-0.3, -0.25) is 4.84 Å². The quantitative estimate of drug-likeness (QED) is 0.698. The van der Waals surface area contributed by atoms with Crippen molar-refractivity contribution in [1.82, 2.24) is 9.97 Å². The van der Waals surface area contributed by atoms with Gasteiger partial charge in [0, 0.05) is 11.3 Å². The van der Waals surface area contributed by atoms with Crippen molar-refractivity contribution in [2.45, 2.75) is 19.3 Å². The number of carboxylic acids is 1. The number of aliphatic carboxylic acids is 1. The average molecular weight is 209 g/mol.